The first-order chi connectivity index (χ1) is 22.1. The number of H-pyrrole nitrogens is 1. The highest BCUT2D eigenvalue weighted by atomic mass is 19.4. The molecule has 4 N–H and O–H groups in total. The number of halogens is 3. The average Bonchev–Trinajstić information content (AvgIpc) is 3.52. The second kappa shape index (κ2) is 11.4. The minimum absolute atomic E-state index is 0.0659. The average molecular weight is 632 g/mol. The van der Waals surface area contributed by atoms with Crippen molar-refractivity contribution in [3.05, 3.63) is 94.7 Å². The number of aromatic nitrogens is 2. The summed E-state index contributed by atoms with van der Waals surface area (Å²) in [6.45, 7) is 1.02. The van der Waals surface area contributed by atoms with Crippen molar-refractivity contribution >= 4 is 34.6 Å². The normalized spacial score (nSPS) is 19.5. The molecule has 3 aliphatic heterocycles. The first kappa shape index (κ1) is 29.6. The summed E-state index contributed by atoms with van der Waals surface area (Å²) in [5, 5.41) is 16.9. The van der Waals surface area contributed by atoms with E-state index in [0.29, 0.717) is 44.3 Å². The third-order valence-electron chi connectivity index (χ3n) is 9.39. The van der Waals surface area contributed by atoms with Crippen LogP contribution in [0.3, 0.4) is 0 Å². The van der Waals surface area contributed by atoms with E-state index in [1.807, 2.05) is 36.4 Å². The molecule has 1 atom stereocenters. The lowest BCUT2D eigenvalue weighted by atomic mass is 9.79. The largest absolute Gasteiger partial charge is 0.416 e. The quantitative estimate of drug-likeness (QED) is 0.246. The number of likely N-dealkylation sites (tertiary alicyclic amines) is 1. The molecule has 3 aliphatic rings. The number of piperidine rings is 1. The van der Waals surface area contributed by atoms with Gasteiger partial charge in [-0.1, -0.05) is 36.4 Å². The minimum Gasteiger partial charge on any atom is -0.332 e. The summed E-state index contributed by atoms with van der Waals surface area (Å²) in [5.74, 6) is -0.313. The number of carbonyl (C=O) groups is 3. The Morgan fingerprint density at radius 2 is 1.78 bits per heavy atom. The summed E-state index contributed by atoms with van der Waals surface area (Å²) in [4.78, 5) is 43.4. The molecule has 1 saturated heterocycles. The van der Waals surface area contributed by atoms with E-state index >= 15 is 0 Å². The number of para-hydroxylation sites is 1. The fourth-order valence-corrected chi connectivity index (χ4v) is 6.92. The van der Waals surface area contributed by atoms with Crippen LogP contribution in [0.1, 0.15) is 47.1 Å². The van der Waals surface area contributed by atoms with Crippen LogP contribution in [0.4, 0.5) is 28.4 Å². The van der Waals surface area contributed by atoms with Gasteiger partial charge in [0.25, 0.3) is 0 Å². The van der Waals surface area contributed by atoms with Crippen LogP contribution >= 0.6 is 0 Å². The molecule has 3 aromatic carbocycles. The number of amides is 5. The zero-order chi connectivity index (χ0) is 32.1. The number of anilines is 1. The van der Waals surface area contributed by atoms with Crippen molar-refractivity contribution in [2.45, 2.75) is 56.5 Å². The standard InChI is InChI=1S/C33H32F3N7O3/c34-33(35,36)22-9-5-20(6-10-22)18-43-19-24-21(7-11-26-23(24)17-37-41-26)8-12-28(29(43)44)39-31(46)42-15-13-32(14-16-42)25-3-1-2-4-27(25)38-30(45)40-32/h1-7,9-11,17,28H,8,12-16,18-19H2,(H,37,41)(H,39,46)(H2,38,40,45)/t28-/m1/s1. The number of nitrogens with zero attached hydrogens (tertiary/aromatic N) is 3. The maximum Gasteiger partial charge on any atom is 0.416 e. The molecule has 46 heavy (non-hydrogen) atoms. The number of alkyl halides is 3. The van der Waals surface area contributed by atoms with Crippen LogP contribution in [-0.2, 0) is 36.0 Å². The molecule has 13 heteroatoms. The Morgan fingerprint density at radius 3 is 2.54 bits per heavy atom. The third-order valence-corrected chi connectivity index (χ3v) is 9.39. The molecule has 4 heterocycles. The summed E-state index contributed by atoms with van der Waals surface area (Å²) in [5.41, 5.74) is 3.67. The molecular formula is C33H32F3N7O3. The summed E-state index contributed by atoms with van der Waals surface area (Å²) in [6.07, 6.45) is -0.845. The lowest BCUT2D eigenvalue weighted by molar-refractivity contribution is -0.138. The van der Waals surface area contributed by atoms with Gasteiger partial charge in [-0.2, -0.15) is 18.3 Å². The second-order valence-electron chi connectivity index (χ2n) is 12.2. The second-order valence-corrected chi connectivity index (χ2v) is 12.2. The number of urea groups is 2. The van der Waals surface area contributed by atoms with Crippen molar-refractivity contribution in [3.8, 4) is 0 Å². The highest BCUT2D eigenvalue weighted by Crippen LogP contribution is 2.39. The SMILES string of the molecule is O=C1Nc2ccccc2C2(CCN(C(=O)N[C@@H]3CCc4ccc5[nH]ncc5c4CN(Cc4ccc(C(F)(F)F)cc4)C3=O)CC2)N1. The number of aryl methyl sites for hydroxylation is 1. The number of carbonyl (C=O) groups excluding carboxylic acids is 3. The highest BCUT2D eigenvalue weighted by Gasteiger charge is 2.43. The molecule has 0 saturated carbocycles. The molecule has 5 amide bonds. The smallest absolute Gasteiger partial charge is 0.332 e. The maximum absolute atomic E-state index is 14.1. The number of benzene rings is 3. The number of fused-ring (bicyclic) bond motifs is 5. The molecule has 4 aromatic rings. The fraction of sp³-hybridized carbons (Fsp3) is 0.333. The van der Waals surface area contributed by atoms with Crippen molar-refractivity contribution in [1.29, 1.82) is 0 Å². The van der Waals surface area contributed by atoms with E-state index in [4.69, 9.17) is 0 Å². The van der Waals surface area contributed by atoms with E-state index in [1.165, 1.54) is 12.1 Å². The predicted molar refractivity (Wildman–Crippen MR) is 164 cm³/mol. The van der Waals surface area contributed by atoms with Gasteiger partial charge in [-0.3, -0.25) is 9.89 Å². The van der Waals surface area contributed by atoms with Crippen LogP contribution in [0.15, 0.2) is 66.9 Å². The number of rotatable bonds is 3. The maximum atomic E-state index is 14.1. The van der Waals surface area contributed by atoms with Crippen LogP contribution in [0, 0.1) is 0 Å². The molecule has 0 radical (unpaired) electrons. The Morgan fingerprint density at radius 1 is 1.02 bits per heavy atom. The third kappa shape index (κ3) is 5.50. The van der Waals surface area contributed by atoms with Gasteiger partial charge in [-0.05, 0) is 66.6 Å². The van der Waals surface area contributed by atoms with E-state index in [0.717, 1.165) is 45.4 Å². The van der Waals surface area contributed by atoms with Crippen LogP contribution < -0.4 is 16.0 Å². The van der Waals surface area contributed by atoms with Gasteiger partial charge in [-0.15, -0.1) is 0 Å². The Kier molecular flexibility index (Phi) is 7.33. The number of hydrogen-bond acceptors (Lipinski definition) is 4. The number of aromatic amines is 1. The summed E-state index contributed by atoms with van der Waals surface area (Å²) in [7, 11) is 0. The van der Waals surface area contributed by atoms with Gasteiger partial charge in [0.15, 0.2) is 0 Å². The molecule has 0 bridgehead atoms. The molecule has 1 fully saturated rings. The fourth-order valence-electron chi connectivity index (χ4n) is 6.92. The Balaban J connectivity index is 1.11. The molecular weight excluding hydrogens is 599 g/mol. The molecule has 238 valence electrons. The zero-order valence-corrected chi connectivity index (χ0v) is 24.8. The molecule has 10 nitrogen and oxygen atoms in total. The van der Waals surface area contributed by atoms with E-state index in [-0.39, 0.29) is 31.1 Å². The van der Waals surface area contributed by atoms with E-state index in [1.54, 1.807) is 16.0 Å². The number of hydrogen-bond donors (Lipinski definition) is 4. The lowest BCUT2D eigenvalue weighted by Gasteiger charge is -2.45. The first-order valence-electron chi connectivity index (χ1n) is 15.2. The predicted octanol–water partition coefficient (Wildman–Crippen LogP) is 5.26. The first-order valence-corrected chi connectivity index (χ1v) is 15.2. The van der Waals surface area contributed by atoms with Gasteiger partial charge in [0.2, 0.25) is 5.91 Å². The lowest BCUT2D eigenvalue weighted by Crippen LogP contribution is -2.59. The summed E-state index contributed by atoms with van der Waals surface area (Å²) >= 11 is 0. The summed E-state index contributed by atoms with van der Waals surface area (Å²) < 4.78 is 39.6. The highest BCUT2D eigenvalue weighted by molar-refractivity contribution is 5.94. The zero-order valence-electron chi connectivity index (χ0n) is 24.8. The minimum atomic E-state index is -4.47. The molecule has 1 aromatic heterocycles. The van der Waals surface area contributed by atoms with E-state index < -0.39 is 23.3 Å². The van der Waals surface area contributed by atoms with E-state index in [9.17, 15) is 27.6 Å². The van der Waals surface area contributed by atoms with Gasteiger partial charge < -0.3 is 25.8 Å². The molecule has 0 aliphatic carbocycles. The Hall–Kier alpha value is -5.07. The van der Waals surface area contributed by atoms with Crippen molar-refractivity contribution in [3.63, 3.8) is 0 Å². The van der Waals surface area contributed by atoms with Crippen LogP contribution in [0.5, 0.6) is 0 Å². The molecule has 1 spiro atoms. The van der Waals surface area contributed by atoms with Crippen LogP contribution in [-0.4, -0.2) is 57.1 Å². The van der Waals surface area contributed by atoms with Crippen molar-refractivity contribution in [2.24, 2.45) is 0 Å². The van der Waals surface area contributed by atoms with Crippen LogP contribution in [0.25, 0.3) is 10.9 Å². The monoisotopic (exact) mass is 631 g/mol. The van der Waals surface area contributed by atoms with Crippen molar-refractivity contribution in [2.75, 3.05) is 18.4 Å². The van der Waals surface area contributed by atoms with Crippen molar-refractivity contribution in [1.82, 2.24) is 30.6 Å². The van der Waals surface area contributed by atoms with E-state index in [2.05, 4.69) is 26.1 Å². The number of nitrogens with one attached hydrogen (secondary N) is 4. The van der Waals surface area contributed by atoms with Gasteiger partial charge in [0.1, 0.15) is 6.04 Å². The Bertz CT molecular complexity index is 1810. The summed E-state index contributed by atoms with van der Waals surface area (Å²) in [6, 6.07) is 14.8. The van der Waals surface area contributed by atoms with Gasteiger partial charge in [0.05, 0.1) is 22.8 Å². The molecule has 7 rings (SSSR count). The molecule has 0 unspecified atom stereocenters. The van der Waals surface area contributed by atoms with Crippen molar-refractivity contribution < 1.29 is 27.6 Å². The van der Waals surface area contributed by atoms with Crippen LogP contribution in [0.2, 0.25) is 0 Å². The van der Waals surface area contributed by atoms with Gasteiger partial charge >= 0.3 is 18.2 Å². The van der Waals surface area contributed by atoms with Gasteiger partial charge in [-0.25, -0.2) is 9.59 Å². The van der Waals surface area contributed by atoms with Gasteiger partial charge in [0, 0.05) is 42.8 Å². The topological polar surface area (TPSA) is 122 Å². The Labute approximate surface area is 262 Å².